The van der Waals surface area contributed by atoms with Gasteiger partial charge < -0.3 is 19.2 Å². The van der Waals surface area contributed by atoms with Gasteiger partial charge in [0.15, 0.2) is 17.1 Å². The van der Waals surface area contributed by atoms with E-state index in [2.05, 4.69) is 5.32 Å². The first-order valence-electron chi connectivity index (χ1n) is 8.85. The number of rotatable bonds is 5. The Labute approximate surface area is 162 Å². The molecule has 5 nitrogen and oxygen atoms in total. The van der Waals surface area contributed by atoms with Gasteiger partial charge in [0, 0.05) is 11.1 Å². The Morgan fingerprint density at radius 1 is 0.929 bits per heavy atom. The molecule has 1 heterocycles. The van der Waals surface area contributed by atoms with Crippen LogP contribution >= 0.6 is 0 Å². The number of amides is 1. The lowest BCUT2D eigenvalue weighted by Crippen LogP contribution is -2.10. The van der Waals surface area contributed by atoms with E-state index in [1.165, 1.54) is 5.56 Å². The number of benzene rings is 3. The maximum atomic E-state index is 12.5. The first-order chi connectivity index (χ1) is 13.6. The molecule has 28 heavy (non-hydrogen) atoms. The van der Waals surface area contributed by atoms with E-state index < -0.39 is 0 Å². The molecule has 4 rings (SSSR count). The molecule has 0 atom stereocenters. The number of nitrogens with one attached hydrogen (secondary N) is 1. The second-order valence-electron chi connectivity index (χ2n) is 6.38. The minimum absolute atomic E-state index is 0.222. The van der Waals surface area contributed by atoms with E-state index in [0.717, 1.165) is 11.1 Å². The molecule has 0 saturated carbocycles. The molecule has 140 valence electrons. The lowest BCUT2D eigenvalue weighted by Gasteiger charge is -2.07. The molecule has 5 heteroatoms. The SMILES string of the molecule is COc1cccc2cc(C(=O)Nc3ccc(Oc4ccc(C)cc4)cc3)oc12. The van der Waals surface area contributed by atoms with Crippen molar-refractivity contribution in [3.8, 4) is 17.2 Å². The summed E-state index contributed by atoms with van der Waals surface area (Å²) in [7, 11) is 1.57. The van der Waals surface area contributed by atoms with Gasteiger partial charge in [0.25, 0.3) is 5.91 Å². The number of aryl methyl sites for hydroxylation is 1. The smallest absolute Gasteiger partial charge is 0.291 e. The largest absolute Gasteiger partial charge is 0.493 e. The van der Waals surface area contributed by atoms with Gasteiger partial charge in [-0.15, -0.1) is 0 Å². The van der Waals surface area contributed by atoms with Crippen molar-refractivity contribution in [3.63, 3.8) is 0 Å². The van der Waals surface area contributed by atoms with E-state index in [9.17, 15) is 4.79 Å². The number of furan rings is 1. The van der Waals surface area contributed by atoms with E-state index in [4.69, 9.17) is 13.9 Å². The van der Waals surface area contributed by atoms with Crippen LogP contribution in [0.25, 0.3) is 11.0 Å². The zero-order valence-corrected chi connectivity index (χ0v) is 15.6. The van der Waals surface area contributed by atoms with Crippen molar-refractivity contribution < 1.29 is 18.7 Å². The Bertz CT molecular complexity index is 1110. The molecule has 1 aromatic heterocycles. The molecule has 0 aliphatic rings. The number of carbonyl (C=O) groups excluding carboxylic acids is 1. The van der Waals surface area contributed by atoms with E-state index in [1.54, 1.807) is 43.5 Å². The van der Waals surface area contributed by atoms with Gasteiger partial charge in [-0.3, -0.25) is 4.79 Å². The molecule has 0 bridgehead atoms. The van der Waals surface area contributed by atoms with Gasteiger partial charge in [-0.1, -0.05) is 29.8 Å². The third kappa shape index (κ3) is 3.69. The number of hydrogen-bond acceptors (Lipinski definition) is 4. The molecule has 0 fully saturated rings. The number of fused-ring (bicyclic) bond motifs is 1. The summed E-state index contributed by atoms with van der Waals surface area (Å²) in [6, 6.07) is 22.2. The Balaban J connectivity index is 1.46. The highest BCUT2D eigenvalue weighted by Crippen LogP contribution is 2.29. The van der Waals surface area contributed by atoms with Crippen LogP contribution in [-0.4, -0.2) is 13.0 Å². The molecule has 0 spiro atoms. The van der Waals surface area contributed by atoms with Crippen LogP contribution in [-0.2, 0) is 0 Å². The number of anilines is 1. The van der Waals surface area contributed by atoms with Crippen molar-refractivity contribution >= 4 is 22.6 Å². The molecule has 1 amide bonds. The summed E-state index contributed by atoms with van der Waals surface area (Å²) in [5.74, 6) is 1.94. The van der Waals surface area contributed by atoms with Gasteiger partial charge in [-0.05, 0) is 55.5 Å². The van der Waals surface area contributed by atoms with Gasteiger partial charge in [0.2, 0.25) is 0 Å². The molecule has 0 unspecified atom stereocenters. The van der Waals surface area contributed by atoms with E-state index in [0.29, 0.717) is 22.8 Å². The summed E-state index contributed by atoms with van der Waals surface area (Å²) >= 11 is 0. The molecule has 0 aliphatic carbocycles. The van der Waals surface area contributed by atoms with Crippen molar-refractivity contribution in [2.45, 2.75) is 6.92 Å². The molecule has 0 radical (unpaired) electrons. The third-order valence-electron chi connectivity index (χ3n) is 4.32. The highest BCUT2D eigenvalue weighted by Gasteiger charge is 2.15. The van der Waals surface area contributed by atoms with Crippen LogP contribution in [0.3, 0.4) is 0 Å². The van der Waals surface area contributed by atoms with Crippen LogP contribution < -0.4 is 14.8 Å². The van der Waals surface area contributed by atoms with Crippen molar-refractivity contribution in [1.82, 2.24) is 0 Å². The monoisotopic (exact) mass is 373 g/mol. The predicted molar refractivity (Wildman–Crippen MR) is 108 cm³/mol. The second kappa shape index (κ2) is 7.48. The van der Waals surface area contributed by atoms with Crippen LogP contribution in [0.4, 0.5) is 5.69 Å². The summed E-state index contributed by atoms with van der Waals surface area (Å²) < 4.78 is 16.7. The molecular formula is C23H19NO4. The molecule has 3 aromatic carbocycles. The van der Waals surface area contributed by atoms with Gasteiger partial charge in [-0.2, -0.15) is 0 Å². The van der Waals surface area contributed by atoms with E-state index >= 15 is 0 Å². The van der Waals surface area contributed by atoms with E-state index in [1.807, 2.05) is 43.3 Å². The topological polar surface area (TPSA) is 60.7 Å². The highest BCUT2D eigenvalue weighted by atomic mass is 16.5. The third-order valence-corrected chi connectivity index (χ3v) is 4.32. The summed E-state index contributed by atoms with van der Waals surface area (Å²) in [4.78, 5) is 12.5. The lowest BCUT2D eigenvalue weighted by atomic mass is 10.2. The normalized spacial score (nSPS) is 10.6. The second-order valence-corrected chi connectivity index (χ2v) is 6.38. The first kappa shape index (κ1) is 17.7. The fourth-order valence-electron chi connectivity index (χ4n) is 2.85. The summed E-state index contributed by atoms with van der Waals surface area (Å²) in [5, 5.41) is 3.64. The zero-order chi connectivity index (χ0) is 19.5. The zero-order valence-electron chi connectivity index (χ0n) is 15.6. The maximum Gasteiger partial charge on any atom is 0.291 e. The first-order valence-corrected chi connectivity index (χ1v) is 8.85. The Morgan fingerprint density at radius 2 is 1.61 bits per heavy atom. The predicted octanol–water partition coefficient (Wildman–Crippen LogP) is 5.79. The minimum atomic E-state index is -0.328. The number of carbonyl (C=O) groups is 1. The molecular weight excluding hydrogens is 354 g/mol. The van der Waals surface area contributed by atoms with Gasteiger partial charge >= 0.3 is 0 Å². The molecule has 4 aromatic rings. The van der Waals surface area contributed by atoms with Gasteiger partial charge in [0.1, 0.15) is 11.5 Å². The Hall–Kier alpha value is -3.73. The fraction of sp³-hybridized carbons (Fsp3) is 0.0870. The summed E-state index contributed by atoms with van der Waals surface area (Å²) in [6.45, 7) is 2.03. The number of para-hydroxylation sites is 1. The molecule has 0 saturated heterocycles. The summed E-state index contributed by atoms with van der Waals surface area (Å²) in [6.07, 6.45) is 0. The number of methoxy groups -OCH3 is 1. The lowest BCUT2D eigenvalue weighted by molar-refractivity contribution is 0.0998. The van der Waals surface area contributed by atoms with E-state index in [-0.39, 0.29) is 11.7 Å². The van der Waals surface area contributed by atoms with Gasteiger partial charge in [0.05, 0.1) is 7.11 Å². The van der Waals surface area contributed by atoms with Crippen LogP contribution in [0.2, 0.25) is 0 Å². The average molecular weight is 373 g/mol. The van der Waals surface area contributed by atoms with Crippen molar-refractivity contribution in [2.75, 3.05) is 12.4 Å². The minimum Gasteiger partial charge on any atom is -0.493 e. The maximum absolute atomic E-state index is 12.5. The standard InChI is InChI=1S/C23H19NO4/c1-15-6-10-18(11-7-15)27-19-12-8-17(9-13-19)24-23(25)21-14-16-4-3-5-20(26-2)22(16)28-21/h3-14H,1-2H3,(H,24,25). The van der Waals surface area contributed by atoms with Crippen molar-refractivity contribution in [3.05, 3.63) is 84.1 Å². The van der Waals surface area contributed by atoms with Crippen molar-refractivity contribution in [1.29, 1.82) is 0 Å². The summed E-state index contributed by atoms with van der Waals surface area (Å²) in [5.41, 5.74) is 2.37. The van der Waals surface area contributed by atoms with Crippen LogP contribution in [0, 0.1) is 6.92 Å². The van der Waals surface area contributed by atoms with Crippen LogP contribution in [0.15, 0.2) is 77.2 Å². The molecule has 0 aliphatic heterocycles. The van der Waals surface area contributed by atoms with Crippen LogP contribution in [0.1, 0.15) is 16.1 Å². The quantitative estimate of drug-likeness (QED) is 0.481. The fourth-order valence-corrected chi connectivity index (χ4v) is 2.85. The van der Waals surface area contributed by atoms with Gasteiger partial charge in [-0.25, -0.2) is 0 Å². The highest BCUT2D eigenvalue weighted by molar-refractivity contribution is 6.05. The number of hydrogen-bond donors (Lipinski definition) is 1. The average Bonchev–Trinajstić information content (AvgIpc) is 3.16. The van der Waals surface area contributed by atoms with Crippen molar-refractivity contribution in [2.24, 2.45) is 0 Å². The molecule has 1 N–H and O–H groups in total. The van der Waals surface area contributed by atoms with Crippen LogP contribution in [0.5, 0.6) is 17.2 Å². The number of ether oxygens (including phenoxy) is 2. The Kier molecular flexibility index (Phi) is 4.72. The Morgan fingerprint density at radius 3 is 2.29 bits per heavy atom.